The average molecular weight is 238 g/mol. The van der Waals surface area contributed by atoms with E-state index in [0.29, 0.717) is 5.41 Å². The van der Waals surface area contributed by atoms with E-state index in [9.17, 15) is 0 Å². The molecule has 18 heavy (non-hydrogen) atoms. The Kier molecular flexibility index (Phi) is 2.24. The molecule has 0 aliphatic heterocycles. The van der Waals surface area contributed by atoms with Crippen molar-refractivity contribution in [1.29, 1.82) is 0 Å². The summed E-state index contributed by atoms with van der Waals surface area (Å²) in [6.45, 7) is 2.42. The minimum atomic E-state index is 0.350. The highest BCUT2D eigenvalue weighted by Gasteiger charge is 2.43. The van der Waals surface area contributed by atoms with E-state index >= 15 is 0 Å². The van der Waals surface area contributed by atoms with Crippen LogP contribution in [0.15, 0.2) is 47.1 Å². The van der Waals surface area contributed by atoms with Gasteiger partial charge in [-0.1, -0.05) is 49.3 Å². The second-order valence-electron chi connectivity index (χ2n) is 6.72. The molecule has 0 amide bonds. The van der Waals surface area contributed by atoms with E-state index in [1.165, 1.54) is 38.5 Å². The van der Waals surface area contributed by atoms with Crippen LogP contribution in [0.25, 0.3) is 0 Å². The Morgan fingerprint density at radius 1 is 1.06 bits per heavy atom. The first kappa shape index (κ1) is 10.8. The monoisotopic (exact) mass is 238 g/mol. The van der Waals surface area contributed by atoms with Crippen LogP contribution in [0.2, 0.25) is 0 Å². The lowest BCUT2D eigenvalue weighted by molar-refractivity contribution is 0.271. The summed E-state index contributed by atoms with van der Waals surface area (Å²) in [4.78, 5) is 0. The van der Waals surface area contributed by atoms with Gasteiger partial charge in [-0.3, -0.25) is 0 Å². The zero-order chi connectivity index (χ0) is 12.2. The summed E-state index contributed by atoms with van der Waals surface area (Å²) in [5.74, 6) is 1.72. The Hall–Kier alpha value is -1.04. The van der Waals surface area contributed by atoms with Crippen molar-refractivity contribution >= 4 is 0 Å². The van der Waals surface area contributed by atoms with Gasteiger partial charge in [0, 0.05) is 5.41 Å². The van der Waals surface area contributed by atoms with Gasteiger partial charge in [-0.2, -0.15) is 0 Å². The molecule has 0 saturated heterocycles. The highest BCUT2D eigenvalue weighted by atomic mass is 14.5. The minimum absolute atomic E-state index is 0.350. The van der Waals surface area contributed by atoms with Crippen LogP contribution in [-0.2, 0) is 0 Å². The van der Waals surface area contributed by atoms with Crippen LogP contribution in [0.1, 0.15) is 45.4 Å². The fourth-order valence-corrected chi connectivity index (χ4v) is 4.65. The predicted molar refractivity (Wildman–Crippen MR) is 76.2 cm³/mol. The molecule has 0 aromatic rings. The highest BCUT2D eigenvalue weighted by Crippen LogP contribution is 2.55. The third-order valence-electron chi connectivity index (χ3n) is 5.70. The summed E-state index contributed by atoms with van der Waals surface area (Å²) in [6.07, 6.45) is 20.4. The Balaban J connectivity index is 1.76. The van der Waals surface area contributed by atoms with Crippen molar-refractivity contribution in [3.05, 3.63) is 47.1 Å². The maximum atomic E-state index is 2.46. The number of hydrogen-bond acceptors (Lipinski definition) is 0. The molecule has 4 rings (SSSR count). The lowest BCUT2D eigenvalue weighted by atomic mass is 9.59. The SMILES string of the molecule is C[C@@]12C=CC=C1C1=CC=C3CCCC[C@@H]3[C@H]1CC2. The van der Waals surface area contributed by atoms with Gasteiger partial charge in [0.2, 0.25) is 0 Å². The van der Waals surface area contributed by atoms with Gasteiger partial charge in [-0.15, -0.1) is 0 Å². The van der Waals surface area contributed by atoms with Crippen molar-refractivity contribution in [3.63, 3.8) is 0 Å². The summed E-state index contributed by atoms with van der Waals surface area (Å²) in [5.41, 5.74) is 5.40. The Morgan fingerprint density at radius 2 is 2.00 bits per heavy atom. The number of fused-ring (bicyclic) bond motifs is 5. The maximum absolute atomic E-state index is 2.46. The number of hydrogen-bond donors (Lipinski definition) is 0. The van der Waals surface area contributed by atoms with Crippen molar-refractivity contribution in [2.75, 3.05) is 0 Å². The van der Waals surface area contributed by atoms with E-state index in [2.05, 4.69) is 37.3 Å². The van der Waals surface area contributed by atoms with Gasteiger partial charge < -0.3 is 0 Å². The molecule has 0 bridgehead atoms. The Morgan fingerprint density at radius 3 is 2.94 bits per heavy atom. The smallest absolute Gasteiger partial charge is 0.0110 e. The quantitative estimate of drug-likeness (QED) is 0.560. The van der Waals surface area contributed by atoms with Crippen molar-refractivity contribution in [2.45, 2.75) is 45.4 Å². The lowest BCUT2D eigenvalue weighted by Gasteiger charge is -2.45. The zero-order valence-electron chi connectivity index (χ0n) is 11.3. The molecule has 0 heterocycles. The summed E-state index contributed by atoms with van der Waals surface area (Å²) >= 11 is 0. The second-order valence-corrected chi connectivity index (χ2v) is 6.72. The molecule has 4 aliphatic rings. The highest BCUT2D eigenvalue weighted by molar-refractivity contribution is 5.52. The van der Waals surface area contributed by atoms with Gasteiger partial charge in [0.05, 0.1) is 0 Å². The first-order valence-corrected chi connectivity index (χ1v) is 7.59. The minimum Gasteiger partial charge on any atom is -0.0742 e. The predicted octanol–water partition coefficient (Wildman–Crippen LogP) is 4.96. The van der Waals surface area contributed by atoms with Crippen molar-refractivity contribution in [3.8, 4) is 0 Å². The summed E-state index contributed by atoms with van der Waals surface area (Å²) in [6, 6.07) is 0. The average Bonchev–Trinajstić information content (AvgIpc) is 2.80. The first-order chi connectivity index (χ1) is 8.78. The molecule has 0 aromatic heterocycles. The first-order valence-electron chi connectivity index (χ1n) is 7.59. The van der Waals surface area contributed by atoms with E-state index in [4.69, 9.17) is 0 Å². The van der Waals surface area contributed by atoms with E-state index < -0.39 is 0 Å². The third kappa shape index (κ3) is 1.38. The summed E-state index contributed by atoms with van der Waals surface area (Å²) in [5, 5.41) is 0. The molecule has 0 unspecified atom stereocenters. The van der Waals surface area contributed by atoms with Gasteiger partial charge in [0.1, 0.15) is 0 Å². The molecule has 0 heteroatoms. The molecular weight excluding hydrogens is 216 g/mol. The fraction of sp³-hybridized carbons (Fsp3) is 0.556. The number of rotatable bonds is 0. The van der Waals surface area contributed by atoms with Crippen molar-refractivity contribution in [2.24, 2.45) is 17.3 Å². The third-order valence-corrected chi connectivity index (χ3v) is 5.70. The second kappa shape index (κ2) is 3.73. The lowest BCUT2D eigenvalue weighted by Crippen LogP contribution is -2.33. The fourth-order valence-electron chi connectivity index (χ4n) is 4.65. The molecule has 4 aliphatic carbocycles. The van der Waals surface area contributed by atoms with Gasteiger partial charge in [0.15, 0.2) is 0 Å². The van der Waals surface area contributed by atoms with Crippen LogP contribution < -0.4 is 0 Å². The van der Waals surface area contributed by atoms with Gasteiger partial charge >= 0.3 is 0 Å². The van der Waals surface area contributed by atoms with Crippen LogP contribution in [0.3, 0.4) is 0 Å². The van der Waals surface area contributed by atoms with Crippen molar-refractivity contribution in [1.82, 2.24) is 0 Å². The van der Waals surface area contributed by atoms with E-state index in [1.807, 2.05) is 0 Å². The Labute approximate surface area is 110 Å². The number of allylic oxidation sites excluding steroid dienone is 8. The van der Waals surface area contributed by atoms with Crippen LogP contribution in [0.4, 0.5) is 0 Å². The van der Waals surface area contributed by atoms with Crippen LogP contribution in [0.5, 0.6) is 0 Å². The molecule has 0 radical (unpaired) electrons. The Bertz CT molecular complexity index is 500. The van der Waals surface area contributed by atoms with Crippen LogP contribution in [-0.4, -0.2) is 0 Å². The molecule has 0 nitrogen and oxygen atoms in total. The topological polar surface area (TPSA) is 0 Å². The molecule has 94 valence electrons. The van der Waals surface area contributed by atoms with E-state index in [-0.39, 0.29) is 0 Å². The normalized spacial score (nSPS) is 41.3. The largest absolute Gasteiger partial charge is 0.0742 e. The molecule has 0 spiro atoms. The molecule has 3 atom stereocenters. The van der Waals surface area contributed by atoms with E-state index in [0.717, 1.165) is 11.8 Å². The van der Waals surface area contributed by atoms with Crippen LogP contribution >= 0.6 is 0 Å². The van der Waals surface area contributed by atoms with Gasteiger partial charge in [-0.25, -0.2) is 0 Å². The molecular formula is C18H22. The summed E-state index contributed by atoms with van der Waals surface area (Å²) < 4.78 is 0. The zero-order valence-corrected chi connectivity index (χ0v) is 11.3. The van der Waals surface area contributed by atoms with Gasteiger partial charge in [-0.05, 0) is 55.1 Å². The standard InChI is InChI=1S/C18H22/c1-18-11-4-7-17(18)16-9-8-13-5-2-3-6-14(13)15(16)10-12-18/h4,7-9,11,14-15H,2-3,5-6,10,12H2,1H3/t14-,15+,18-/m0/s1. The van der Waals surface area contributed by atoms with E-state index in [1.54, 1.807) is 16.7 Å². The molecule has 2 fully saturated rings. The molecule has 0 aromatic carbocycles. The molecule has 0 N–H and O–H groups in total. The van der Waals surface area contributed by atoms with Crippen molar-refractivity contribution < 1.29 is 0 Å². The van der Waals surface area contributed by atoms with Gasteiger partial charge in [0.25, 0.3) is 0 Å². The summed E-state index contributed by atoms with van der Waals surface area (Å²) in [7, 11) is 0. The maximum Gasteiger partial charge on any atom is 0.0110 e. The van der Waals surface area contributed by atoms with Crippen LogP contribution in [0, 0.1) is 17.3 Å². The molecule has 2 saturated carbocycles.